The van der Waals surface area contributed by atoms with E-state index in [1.165, 1.54) is 18.2 Å². The molecule has 0 fully saturated rings. The van der Waals surface area contributed by atoms with Crippen LogP contribution in [-0.2, 0) is 0 Å². The van der Waals surface area contributed by atoms with Gasteiger partial charge in [-0.2, -0.15) is 10.5 Å². The van der Waals surface area contributed by atoms with Crippen LogP contribution in [0.4, 0.5) is 0 Å². The summed E-state index contributed by atoms with van der Waals surface area (Å²) >= 11 is 0. The van der Waals surface area contributed by atoms with E-state index in [0.717, 1.165) is 0 Å². The molecule has 3 N–H and O–H groups in total. The Morgan fingerprint density at radius 2 is 1.40 bits per heavy atom. The van der Waals surface area contributed by atoms with E-state index in [1.807, 2.05) is 26.0 Å². The van der Waals surface area contributed by atoms with Gasteiger partial charge in [-0.15, -0.1) is 0 Å². The summed E-state index contributed by atoms with van der Waals surface area (Å²) in [5.74, 6) is -1.51. The predicted molar refractivity (Wildman–Crippen MR) is 91.7 cm³/mol. The fraction of sp³-hybridized carbons (Fsp3) is 0.444. The monoisotopic (exact) mass is 342 g/mol. The SMILES string of the molecule is CC[C@@H](CC#N)NC(=O)c1cccc(C(=O)N[C@@H](CC)CC#N)c1O. The van der Waals surface area contributed by atoms with Crippen molar-refractivity contribution in [2.75, 3.05) is 0 Å². The van der Waals surface area contributed by atoms with Crippen molar-refractivity contribution in [3.63, 3.8) is 0 Å². The van der Waals surface area contributed by atoms with Gasteiger partial charge >= 0.3 is 0 Å². The highest BCUT2D eigenvalue weighted by Crippen LogP contribution is 2.23. The van der Waals surface area contributed by atoms with Crippen LogP contribution in [0, 0.1) is 22.7 Å². The molecule has 1 rings (SSSR count). The second-order valence-electron chi connectivity index (χ2n) is 5.58. The summed E-state index contributed by atoms with van der Waals surface area (Å²) in [4.78, 5) is 24.6. The summed E-state index contributed by atoms with van der Waals surface area (Å²) in [5, 5.41) is 33.1. The molecule has 0 aliphatic heterocycles. The van der Waals surface area contributed by atoms with Crippen molar-refractivity contribution in [3.05, 3.63) is 29.3 Å². The maximum Gasteiger partial charge on any atom is 0.255 e. The molecule has 7 heteroatoms. The lowest BCUT2D eigenvalue weighted by molar-refractivity contribution is 0.0932. The van der Waals surface area contributed by atoms with Crippen LogP contribution in [0.2, 0.25) is 0 Å². The van der Waals surface area contributed by atoms with Crippen LogP contribution in [0.25, 0.3) is 0 Å². The smallest absolute Gasteiger partial charge is 0.255 e. The van der Waals surface area contributed by atoms with E-state index in [2.05, 4.69) is 10.6 Å². The first kappa shape index (κ1) is 20.0. The average molecular weight is 342 g/mol. The van der Waals surface area contributed by atoms with E-state index in [9.17, 15) is 14.7 Å². The minimum atomic E-state index is -0.543. The Balaban J connectivity index is 2.98. The normalized spacial score (nSPS) is 12.3. The number of nitrogens with one attached hydrogen (secondary N) is 2. The van der Waals surface area contributed by atoms with E-state index in [0.29, 0.717) is 12.8 Å². The number of benzene rings is 1. The minimum absolute atomic E-state index is 0.0302. The maximum absolute atomic E-state index is 12.3. The first-order valence-electron chi connectivity index (χ1n) is 8.15. The van der Waals surface area contributed by atoms with Gasteiger partial charge < -0.3 is 15.7 Å². The lowest BCUT2D eigenvalue weighted by atomic mass is 10.0. The Kier molecular flexibility index (Phi) is 7.95. The Hall–Kier alpha value is -3.06. The fourth-order valence-corrected chi connectivity index (χ4v) is 2.25. The minimum Gasteiger partial charge on any atom is -0.506 e. The number of phenols is 1. The van der Waals surface area contributed by atoms with Crippen LogP contribution in [-0.4, -0.2) is 29.0 Å². The van der Waals surface area contributed by atoms with E-state index < -0.39 is 17.6 Å². The highest BCUT2D eigenvalue weighted by molar-refractivity contribution is 6.04. The topological polar surface area (TPSA) is 126 Å². The molecule has 0 heterocycles. The molecule has 0 saturated carbocycles. The molecule has 2 amide bonds. The van der Waals surface area contributed by atoms with Gasteiger partial charge in [-0.25, -0.2) is 0 Å². The molecule has 0 bridgehead atoms. The summed E-state index contributed by atoms with van der Waals surface area (Å²) in [5.41, 5.74) is -0.0604. The van der Waals surface area contributed by atoms with Crippen LogP contribution in [0.3, 0.4) is 0 Å². The number of nitriles is 2. The first-order valence-corrected chi connectivity index (χ1v) is 8.15. The number of carbonyl (C=O) groups is 2. The lowest BCUT2D eigenvalue weighted by Crippen LogP contribution is -2.35. The van der Waals surface area contributed by atoms with Crippen LogP contribution < -0.4 is 10.6 Å². The summed E-state index contributed by atoms with van der Waals surface area (Å²) in [6.07, 6.45) is 1.48. The van der Waals surface area contributed by atoms with Crippen molar-refractivity contribution >= 4 is 11.8 Å². The van der Waals surface area contributed by atoms with Crippen molar-refractivity contribution in [1.29, 1.82) is 10.5 Å². The third kappa shape index (κ3) is 5.50. The van der Waals surface area contributed by atoms with Crippen molar-refractivity contribution in [3.8, 4) is 17.9 Å². The van der Waals surface area contributed by atoms with Gasteiger partial charge in [0.15, 0.2) is 0 Å². The number of amides is 2. The number of hydrogen-bond acceptors (Lipinski definition) is 5. The van der Waals surface area contributed by atoms with Gasteiger partial charge in [-0.05, 0) is 25.0 Å². The number of aromatic hydroxyl groups is 1. The quantitative estimate of drug-likeness (QED) is 0.668. The van der Waals surface area contributed by atoms with Gasteiger partial charge in [0.1, 0.15) is 5.75 Å². The third-order valence-corrected chi connectivity index (χ3v) is 3.86. The molecule has 0 aliphatic rings. The molecule has 0 aliphatic carbocycles. The number of rotatable bonds is 8. The number of phenolic OH excluding ortho intramolecular Hbond substituents is 1. The summed E-state index contributed by atoms with van der Waals surface area (Å²) in [6, 6.07) is 7.65. The van der Waals surface area contributed by atoms with E-state index in [4.69, 9.17) is 10.5 Å². The predicted octanol–water partition coefficient (Wildman–Crippen LogP) is 2.24. The zero-order chi connectivity index (χ0) is 18.8. The van der Waals surface area contributed by atoms with Gasteiger partial charge in [0.05, 0.1) is 36.1 Å². The van der Waals surface area contributed by atoms with Gasteiger partial charge in [0.25, 0.3) is 11.8 Å². The van der Waals surface area contributed by atoms with Crippen LogP contribution in [0.1, 0.15) is 60.2 Å². The highest BCUT2D eigenvalue weighted by atomic mass is 16.3. The Morgan fingerprint density at radius 3 is 1.72 bits per heavy atom. The highest BCUT2D eigenvalue weighted by Gasteiger charge is 2.21. The van der Waals surface area contributed by atoms with Crippen molar-refractivity contribution in [2.45, 2.75) is 51.6 Å². The van der Waals surface area contributed by atoms with Crippen LogP contribution in [0.15, 0.2) is 18.2 Å². The molecular weight excluding hydrogens is 320 g/mol. The average Bonchev–Trinajstić information content (AvgIpc) is 2.60. The second-order valence-corrected chi connectivity index (χ2v) is 5.58. The van der Waals surface area contributed by atoms with Crippen molar-refractivity contribution in [1.82, 2.24) is 10.6 Å². The molecule has 0 aromatic heterocycles. The largest absolute Gasteiger partial charge is 0.506 e. The second kappa shape index (κ2) is 9.94. The van der Waals surface area contributed by atoms with E-state index >= 15 is 0 Å². The van der Waals surface area contributed by atoms with Crippen LogP contribution in [0.5, 0.6) is 5.75 Å². The van der Waals surface area contributed by atoms with Crippen LogP contribution >= 0.6 is 0 Å². The van der Waals surface area contributed by atoms with E-state index in [-0.39, 0.29) is 36.1 Å². The molecule has 7 nitrogen and oxygen atoms in total. The Labute approximate surface area is 147 Å². The number of hydrogen-bond donors (Lipinski definition) is 3. The lowest BCUT2D eigenvalue weighted by Gasteiger charge is -2.17. The maximum atomic E-state index is 12.3. The number of nitrogens with zero attached hydrogens (tertiary/aromatic N) is 2. The summed E-state index contributed by atoms with van der Waals surface area (Å²) in [6.45, 7) is 3.68. The summed E-state index contributed by atoms with van der Waals surface area (Å²) < 4.78 is 0. The van der Waals surface area contributed by atoms with Crippen molar-refractivity contribution < 1.29 is 14.7 Å². The van der Waals surface area contributed by atoms with Gasteiger partial charge in [-0.1, -0.05) is 19.9 Å². The molecule has 2 atom stereocenters. The molecule has 0 spiro atoms. The molecule has 132 valence electrons. The summed E-state index contributed by atoms with van der Waals surface area (Å²) in [7, 11) is 0. The molecule has 0 saturated heterocycles. The standard InChI is InChI=1S/C18H22N4O3/c1-3-12(8-10-19)21-17(24)14-6-5-7-15(16(14)23)18(25)22-13(4-2)9-11-20/h5-7,12-13,23H,3-4,8-9H2,1-2H3,(H,21,24)(H,22,25)/t12-,13-/m0/s1. The third-order valence-electron chi connectivity index (χ3n) is 3.86. The molecule has 0 radical (unpaired) electrons. The molecule has 0 unspecified atom stereocenters. The molecule has 25 heavy (non-hydrogen) atoms. The molecule has 1 aromatic carbocycles. The Bertz CT molecular complexity index is 647. The Morgan fingerprint density at radius 1 is 1.00 bits per heavy atom. The first-order chi connectivity index (χ1) is 12.0. The molecular formula is C18H22N4O3. The zero-order valence-corrected chi connectivity index (χ0v) is 14.4. The molecule has 1 aromatic rings. The van der Waals surface area contributed by atoms with E-state index in [1.54, 1.807) is 0 Å². The zero-order valence-electron chi connectivity index (χ0n) is 14.4. The fourth-order valence-electron chi connectivity index (χ4n) is 2.25. The van der Waals surface area contributed by atoms with Gasteiger partial charge in [0.2, 0.25) is 0 Å². The van der Waals surface area contributed by atoms with Gasteiger partial charge in [-0.3, -0.25) is 9.59 Å². The number of para-hydroxylation sites is 1. The number of carbonyl (C=O) groups excluding carboxylic acids is 2. The van der Waals surface area contributed by atoms with Crippen molar-refractivity contribution in [2.24, 2.45) is 0 Å². The van der Waals surface area contributed by atoms with Gasteiger partial charge in [0, 0.05) is 12.1 Å².